The van der Waals surface area contributed by atoms with E-state index >= 15 is 0 Å². The van der Waals surface area contributed by atoms with Crippen LogP contribution in [0.4, 0.5) is 11.8 Å². The van der Waals surface area contributed by atoms with Gasteiger partial charge in [-0.3, -0.25) is 9.05 Å². The van der Waals surface area contributed by atoms with E-state index < -0.39 is 0 Å². The second-order valence-electron chi connectivity index (χ2n) is 5.83. The summed E-state index contributed by atoms with van der Waals surface area (Å²) in [5.74, 6) is 1.12. The van der Waals surface area contributed by atoms with Crippen LogP contribution in [0.1, 0.15) is 12.8 Å². The molecule has 23 heavy (non-hydrogen) atoms. The number of hydrogen-bond acceptors (Lipinski definition) is 6. The highest BCUT2D eigenvalue weighted by Crippen LogP contribution is 2.31. The summed E-state index contributed by atoms with van der Waals surface area (Å²) in [6, 6.07) is 0. The molecule has 3 heterocycles. The number of likely N-dealkylation sites (tertiary alicyclic amines) is 1. The Morgan fingerprint density at radius 2 is 2.22 bits per heavy atom. The molecule has 0 aliphatic carbocycles. The van der Waals surface area contributed by atoms with Crippen molar-refractivity contribution >= 4 is 22.9 Å². The summed E-state index contributed by atoms with van der Waals surface area (Å²) in [6.07, 6.45) is 4.02. The topological polar surface area (TPSA) is 128 Å². The Kier molecular flexibility index (Phi) is 4.28. The lowest BCUT2D eigenvalue weighted by molar-refractivity contribution is 0.0854. The van der Waals surface area contributed by atoms with Crippen LogP contribution in [0.5, 0.6) is 0 Å². The number of hydrogen-bond donors (Lipinski definition) is 1. The van der Waals surface area contributed by atoms with Crippen molar-refractivity contribution in [2.24, 2.45) is 5.11 Å². The Labute approximate surface area is 133 Å². The number of nitrogens with zero attached hydrogens (tertiary/aromatic N) is 8. The zero-order valence-electron chi connectivity index (χ0n) is 13.1. The number of azide groups is 1. The Morgan fingerprint density at radius 3 is 2.96 bits per heavy atom. The van der Waals surface area contributed by atoms with Gasteiger partial charge in [0.05, 0.1) is 33.1 Å². The monoisotopic (exact) mass is 318 g/mol. The van der Waals surface area contributed by atoms with Crippen LogP contribution in [0.2, 0.25) is 0 Å². The van der Waals surface area contributed by atoms with E-state index in [1.54, 1.807) is 10.9 Å². The minimum absolute atomic E-state index is 0.245. The van der Waals surface area contributed by atoms with Gasteiger partial charge in [-0.05, 0) is 5.53 Å². The van der Waals surface area contributed by atoms with E-state index in [-0.39, 0.29) is 12.7 Å². The average molecular weight is 318 g/mol. The van der Waals surface area contributed by atoms with Gasteiger partial charge in [-0.2, -0.15) is 9.97 Å². The van der Waals surface area contributed by atoms with Crippen LogP contribution in [0.25, 0.3) is 21.6 Å². The molecule has 0 atom stereocenters. The van der Waals surface area contributed by atoms with E-state index in [2.05, 4.69) is 32.0 Å². The van der Waals surface area contributed by atoms with Gasteiger partial charge in [0.15, 0.2) is 11.2 Å². The zero-order chi connectivity index (χ0) is 16.3. The number of anilines is 1. The molecule has 0 amide bonds. The fourth-order valence-corrected chi connectivity index (χ4v) is 2.97. The number of ether oxygens (including phenoxy) is 1. The van der Waals surface area contributed by atoms with E-state index in [0.29, 0.717) is 18.8 Å². The van der Waals surface area contributed by atoms with E-state index in [0.717, 1.165) is 28.9 Å². The minimum Gasteiger partial charge on any atom is -0.368 e. The Hall–Kier alpha value is -2.42. The number of nitrogens with two attached hydrogens (primary N) is 1. The maximum atomic E-state index is 8.24. The third kappa shape index (κ3) is 3.04. The molecule has 1 saturated heterocycles. The van der Waals surface area contributed by atoms with Crippen molar-refractivity contribution in [1.82, 2.24) is 24.0 Å². The minimum atomic E-state index is 0.245. The Morgan fingerprint density at radius 1 is 1.43 bits per heavy atom. The van der Waals surface area contributed by atoms with Gasteiger partial charge in [0.2, 0.25) is 5.95 Å². The average Bonchev–Trinajstić information content (AvgIpc) is 3.14. The molecule has 1 aliphatic rings. The van der Waals surface area contributed by atoms with Crippen LogP contribution >= 0.6 is 0 Å². The lowest BCUT2D eigenvalue weighted by atomic mass is 10.4. The van der Waals surface area contributed by atoms with Gasteiger partial charge in [-0.1, -0.05) is 5.11 Å². The highest BCUT2D eigenvalue weighted by Gasteiger charge is 2.34. The predicted molar refractivity (Wildman–Crippen MR) is 86.4 cm³/mol. The van der Waals surface area contributed by atoms with Crippen LogP contribution < -0.4 is 10.2 Å². The van der Waals surface area contributed by atoms with Gasteiger partial charge in [0.1, 0.15) is 6.73 Å². The van der Waals surface area contributed by atoms with Gasteiger partial charge < -0.3 is 10.5 Å². The fraction of sp³-hybridized carbons (Fsp3) is 0.615. The highest BCUT2D eigenvalue weighted by molar-refractivity contribution is 5.83. The number of nitrogen functional groups attached to an aromatic ring is 1. The Balaban J connectivity index is 1.88. The zero-order valence-corrected chi connectivity index (χ0v) is 13.1. The molecule has 10 heteroatoms. The predicted octanol–water partition coefficient (Wildman–Crippen LogP) is 1.42. The van der Waals surface area contributed by atoms with E-state index in [1.807, 2.05) is 0 Å². The highest BCUT2D eigenvalue weighted by atomic mass is 16.5. The number of aromatic nitrogens is 4. The van der Waals surface area contributed by atoms with Crippen molar-refractivity contribution in [3.63, 3.8) is 0 Å². The summed E-state index contributed by atoms with van der Waals surface area (Å²) < 4.78 is 7.99. The van der Waals surface area contributed by atoms with Crippen LogP contribution in [0.3, 0.4) is 0 Å². The first-order valence-electron chi connectivity index (χ1n) is 7.56. The first-order chi connectivity index (χ1) is 11.1. The summed E-state index contributed by atoms with van der Waals surface area (Å²) in [5.41, 5.74) is 15.6. The number of imidazole rings is 1. The molecule has 0 spiro atoms. The fourth-order valence-electron chi connectivity index (χ4n) is 2.97. The summed E-state index contributed by atoms with van der Waals surface area (Å²) >= 11 is 0. The first-order valence-corrected chi connectivity index (χ1v) is 7.56. The second-order valence-corrected chi connectivity index (χ2v) is 5.83. The van der Waals surface area contributed by atoms with Gasteiger partial charge in [0, 0.05) is 24.3 Å². The van der Waals surface area contributed by atoms with Crippen molar-refractivity contribution in [1.29, 1.82) is 0 Å². The van der Waals surface area contributed by atoms with Gasteiger partial charge in [-0.15, -0.1) is 0 Å². The van der Waals surface area contributed by atoms with E-state index in [4.69, 9.17) is 16.0 Å². The molecule has 1 fully saturated rings. The summed E-state index contributed by atoms with van der Waals surface area (Å²) in [6.45, 7) is 2.96. The summed E-state index contributed by atoms with van der Waals surface area (Å²) in [5, 5.41) is 3.43. The smallest absolute Gasteiger partial charge is 0.260 e. The first kappa shape index (κ1) is 15.5. The number of fused-ring (bicyclic) bond motifs is 1. The lowest BCUT2D eigenvalue weighted by Gasteiger charge is -2.27. The molecule has 2 N–H and O–H groups in total. The molecule has 2 aromatic heterocycles. The van der Waals surface area contributed by atoms with Crippen molar-refractivity contribution in [2.75, 3.05) is 39.0 Å². The van der Waals surface area contributed by atoms with E-state index in [9.17, 15) is 0 Å². The maximum Gasteiger partial charge on any atom is 0.260 e. The molecule has 0 aromatic carbocycles. The molecule has 0 unspecified atom stereocenters. The van der Waals surface area contributed by atoms with Gasteiger partial charge in [0.25, 0.3) is 5.82 Å². The SMILES string of the molecule is C[N+]1(c2nc(N)nc3c2ncn3COCCN=[N+]=[N-])CCCC1. The Bertz CT molecular complexity index is 743. The molecule has 1 aliphatic heterocycles. The summed E-state index contributed by atoms with van der Waals surface area (Å²) in [7, 11) is 2.16. The van der Waals surface area contributed by atoms with Gasteiger partial charge >= 0.3 is 0 Å². The molecule has 2 aromatic rings. The normalized spacial score (nSPS) is 16.6. The van der Waals surface area contributed by atoms with Crippen molar-refractivity contribution in [2.45, 2.75) is 19.6 Å². The van der Waals surface area contributed by atoms with Crippen LogP contribution in [0.15, 0.2) is 11.4 Å². The number of rotatable bonds is 6. The molecule has 0 saturated carbocycles. The van der Waals surface area contributed by atoms with Crippen LogP contribution in [0, 0.1) is 0 Å². The maximum absolute atomic E-state index is 8.24. The second kappa shape index (κ2) is 6.37. The van der Waals surface area contributed by atoms with Crippen LogP contribution in [-0.2, 0) is 11.5 Å². The molecule has 122 valence electrons. The standard InChI is InChI=1S/C13H20N9O/c1-22(5-2-3-6-22)12-10-11(18-13(14)19-12)21(8-16-10)9-23-7-4-17-20-15/h8H,2-7,9H2,1H3,(H2,14,18,19)/q+1. The van der Waals surface area contributed by atoms with Crippen molar-refractivity contribution in [3.05, 3.63) is 16.8 Å². The third-order valence-corrected chi connectivity index (χ3v) is 4.16. The largest absolute Gasteiger partial charge is 0.368 e. The molecule has 3 rings (SSSR count). The van der Waals surface area contributed by atoms with Crippen molar-refractivity contribution in [3.8, 4) is 0 Å². The molecule has 0 bridgehead atoms. The van der Waals surface area contributed by atoms with Crippen molar-refractivity contribution < 1.29 is 4.74 Å². The van der Waals surface area contributed by atoms with Gasteiger partial charge in [-0.25, -0.2) is 4.98 Å². The molecular formula is C13H20N9O+. The van der Waals surface area contributed by atoms with E-state index in [1.165, 1.54) is 12.8 Å². The third-order valence-electron chi connectivity index (χ3n) is 4.16. The molecular weight excluding hydrogens is 298 g/mol. The summed E-state index contributed by atoms with van der Waals surface area (Å²) in [4.78, 5) is 15.9. The van der Waals surface area contributed by atoms with Crippen LogP contribution in [-0.4, -0.2) is 52.8 Å². The molecule has 0 radical (unpaired) electrons. The quantitative estimate of drug-likeness (QED) is 0.283. The molecule has 10 nitrogen and oxygen atoms in total. The lowest BCUT2D eigenvalue weighted by Crippen LogP contribution is -2.42. The number of quaternary nitrogens is 1.